The van der Waals surface area contributed by atoms with E-state index in [4.69, 9.17) is 14.0 Å². The molecule has 1 fully saturated rings. The van der Waals surface area contributed by atoms with Crippen LogP contribution < -0.4 is 10.1 Å². The van der Waals surface area contributed by atoms with Gasteiger partial charge in [0.15, 0.2) is 0 Å². The predicted molar refractivity (Wildman–Crippen MR) is 107 cm³/mol. The maximum absolute atomic E-state index is 13.4. The highest BCUT2D eigenvalue weighted by atomic mass is 16.5. The third kappa shape index (κ3) is 3.35. The second kappa shape index (κ2) is 7.48. The monoisotopic (exact) mass is 393 g/mol. The maximum Gasteiger partial charge on any atom is 0.259 e. The van der Waals surface area contributed by atoms with Crippen LogP contribution in [0.25, 0.3) is 11.1 Å². The summed E-state index contributed by atoms with van der Waals surface area (Å²) in [7, 11) is 0. The number of benzene rings is 1. The van der Waals surface area contributed by atoms with Crippen molar-refractivity contribution in [1.82, 2.24) is 10.1 Å². The molecule has 1 aliphatic carbocycles. The van der Waals surface area contributed by atoms with Crippen molar-refractivity contribution in [3.05, 3.63) is 46.8 Å². The number of aromatic nitrogens is 2. The number of anilines is 1. The number of nitrogens with one attached hydrogen (secondary N) is 1. The molecule has 1 saturated heterocycles. The molecule has 2 aliphatic rings. The van der Waals surface area contributed by atoms with Crippen molar-refractivity contribution in [2.75, 3.05) is 18.5 Å². The number of carbonyl (C=O) groups is 1. The minimum absolute atomic E-state index is 0.113. The Morgan fingerprint density at radius 3 is 3.03 bits per heavy atom. The quantitative estimate of drug-likeness (QED) is 0.709. The highest BCUT2D eigenvalue weighted by molar-refractivity contribution is 6.14. The van der Waals surface area contributed by atoms with Crippen molar-refractivity contribution in [3.8, 4) is 5.75 Å². The molecule has 3 heterocycles. The SMILES string of the molecule is Cc1noc2nc3c(c(C(=O)Nc4ccccc4OCC4CCCO4)c12)CCC3. The van der Waals surface area contributed by atoms with Crippen LogP contribution in [0.15, 0.2) is 28.8 Å². The lowest BCUT2D eigenvalue weighted by molar-refractivity contribution is 0.0682. The summed E-state index contributed by atoms with van der Waals surface area (Å²) in [4.78, 5) is 17.9. The zero-order valence-corrected chi connectivity index (χ0v) is 16.4. The van der Waals surface area contributed by atoms with Crippen molar-refractivity contribution in [1.29, 1.82) is 0 Å². The molecule has 5 rings (SSSR count). The van der Waals surface area contributed by atoms with Crippen LogP contribution >= 0.6 is 0 Å². The van der Waals surface area contributed by atoms with Gasteiger partial charge in [0.25, 0.3) is 11.6 Å². The van der Waals surface area contributed by atoms with E-state index in [2.05, 4.69) is 15.5 Å². The fourth-order valence-electron chi connectivity index (χ4n) is 4.21. The van der Waals surface area contributed by atoms with E-state index in [1.165, 1.54) is 0 Å². The number of amides is 1. The van der Waals surface area contributed by atoms with Gasteiger partial charge in [0, 0.05) is 12.3 Å². The zero-order chi connectivity index (χ0) is 19.8. The van der Waals surface area contributed by atoms with Gasteiger partial charge in [-0.1, -0.05) is 17.3 Å². The van der Waals surface area contributed by atoms with E-state index in [-0.39, 0.29) is 12.0 Å². The Balaban J connectivity index is 1.45. The van der Waals surface area contributed by atoms with Gasteiger partial charge in [-0.25, -0.2) is 4.98 Å². The average Bonchev–Trinajstić information content (AvgIpc) is 3.47. The standard InChI is InChI=1S/C22H23N3O4/c1-13-19-20(15-7-4-9-16(15)24-22(19)29-25-13)21(26)23-17-8-2-3-10-18(17)28-12-14-6-5-11-27-14/h2-3,8,10,14H,4-7,9,11-12H2,1H3,(H,23,26). The third-order valence-electron chi connectivity index (χ3n) is 5.63. The molecule has 0 radical (unpaired) electrons. The Bertz CT molecular complexity index is 1070. The lowest BCUT2D eigenvalue weighted by Crippen LogP contribution is -2.19. The van der Waals surface area contributed by atoms with Crippen LogP contribution in [0.1, 0.15) is 46.6 Å². The van der Waals surface area contributed by atoms with Crippen LogP contribution in [0.5, 0.6) is 5.75 Å². The predicted octanol–water partition coefficient (Wildman–Crippen LogP) is 3.83. The van der Waals surface area contributed by atoms with Crippen molar-refractivity contribution in [2.24, 2.45) is 0 Å². The molecule has 1 amide bonds. The largest absolute Gasteiger partial charge is 0.489 e. The topological polar surface area (TPSA) is 86.5 Å². The summed E-state index contributed by atoms with van der Waals surface area (Å²) in [5.41, 5.74) is 4.30. The van der Waals surface area contributed by atoms with Gasteiger partial charge in [-0.2, -0.15) is 0 Å². The summed E-state index contributed by atoms with van der Waals surface area (Å²) in [6.45, 7) is 3.10. The van der Waals surface area contributed by atoms with E-state index < -0.39 is 0 Å². The number of carbonyl (C=O) groups excluding carboxylic acids is 1. The van der Waals surface area contributed by atoms with Crippen LogP contribution in [-0.4, -0.2) is 35.4 Å². The molecule has 3 aromatic rings. The van der Waals surface area contributed by atoms with E-state index in [9.17, 15) is 4.79 Å². The minimum atomic E-state index is -0.185. The van der Waals surface area contributed by atoms with E-state index in [1.54, 1.807) is 0 Å². The number of hydrogen-bond acceptors (Lipinski definition) is 6. The number of para-hydroxylation sites is 2. The number of hydrogen-bond donors (Lipinski definition) is 1. The van der Waals surface area contributed by atoms with Gasteiger partial charge in [0.05, 0.1) is 28.4 Å². The third-order valence-corrected chi connectivity index (χ3v) is 5.63. The molecule has 1 atom stereocenters. The Morgan fingerprint density at radius 2 is 2.17 bits per heavy atom. The number of fused-ring (bicyclic) bond motifs is 2. The molecule has 7 nitrogen and oxygen atoms in total. The smallest absolute Gasteiger partial charge is 0.259 e. The Hall–Kier alpha value is -2.93. The molecule has 1 aliphatic heterocycles. The molecule has 0 spiro atoms. The highest BCUT2D eigenvalue weighted by Gasteiger charge is 2.27. The Morgan fingerprint density at radius 1 is 1.28 bits per heavy atom. The van der Waals surface area contributed by atoms with Gasteiger partial charge in [-0.3, -0.25) is 4.79 Å². The molecular weight excluding hydrogens is 370 g/mol. The maximum atomic E-state index is 13.4. The van der Waals surface area contributed by atoms with E-state index in [0.717, 1.165) is 50.0 Å². The number of nitrogens with zero attached hydrogens (tertiary/aromatic N) is 2. The van der Waals surface area contributed by atoms with Gasteiger partial charge in [-0.15, -0.1) is 0 Å². The lowest BCUT2D eigenvalue weighted by Gasteiger charge is -2.16. The van der Waals surface area contributed by atoms with Crippen LogP contribution in [-0.2, 0) is 17.6 Å². The summed E-state index contributed by atoms with van der Waals surface area (Å²) in [5, 5.41) is 7.76. The molecule has 0 saturated carbocycles. The fraction of sp³-hybridized carbons (Fsp3) is 0.409. The van der Waals surface area contributed by atoms with Crippen LogP contribution in [0.2, 0.25) is 0 Å². The summed E-state index contributed by atoms with van der Waals surface area (Å²) in [5.74, 6) is 0.454. The lowest BCUT2D eigenvalue weighted by atomic mass is 10.0. The number of pyridine rings is 1. The molecule has 1 N–H and O–H groups in total. The van der Waals surface area contributed by atoms with Gasteiger partial charge in [0.2, 0.25) is 0 Å². The molecular formula is C22H23N3O4. The van der Waals surface area contributed by atoms with Gasteiger partial charge < -0.3 is 19.3 Å². The van der Waals surface area contributed by atoms with Gasteiger partial charge >= 0.3 is 0 Å². The Labute approximate surface area is 168 Å². The average molecular weight is 393 g/mol. The number of rotatable bonds is 5. The van der Waals surface area contributed by atoms with E-state index in [1.807, 2.05) is 31.2 Å². The second-order valence-electron chi connectivity index (χ2n) is 7.61. The first-order valence-electron chi connectivity index (χ1n) is 10.1. The summed E-state index contributed by atoms with van der Waals surface area (Å²) in [6.07, 6.45) is 4.86. The first-order valence-corrected chi connectivity index (χ1v) is 10.1. The zero-order valence-electron chi connectivity index (χ0n) is 16.4. The van der Waals surface area contributed by atoms with Crippen LogP contribution in [0.4, 0.5) is 5.69 Å². The van der Waals surface area contributed by atoms with Crippen molar-refractivity contribution >= 4 is 22.7 Å². The number of ether oxygens (including phenoxy) is 2. The second-order valence-corrected chi connectivity index (χ2v) is 7.61. The van der Waals surface area contributed by atoms with Crippen LogP contribution in [0.3, 0.4) is 0 Å². The van der Waals surface area contributed by atoms with Crippen molar-refractivity contribution < 1.29 is 18.8 Å². The molecule has 29 heavy (non-hydrogen) atoms. The van der Waals surface area contributed by atoms with E-state index in [0.29, 0.717) is 40.4 Å². The normalized spacial score (nSPS) is 18.2. The molecule has 1 unspecified atom stereocenters. The first-order chi connectivity index (χ1) is 14.2. The number of aryl methyl sites for hydroxylation is 2. The molecule has 0 bridgehead atoms. The summed E-state index contributed by atoms with van der Waals surface area (Å²) < 4.78 is 16.9. The summed E-state index contributed by atoms with van der Waals surface area (Å²) in [6, 6.07) is 7.49. The molecule has 2 aromatic heterocycles. The fourth-order valence-corrected chi connectivity index (χ4v) is 4.21. The minimum Gasteiger partial charge on any atom is -0.489 e. The molecule has 150 valence electrons. The molecule has 7 heteroatoms. The highest BCUT2D eigenvalue weighted by Crippen LogP contribution is 2.33. The molecule has 1 aromatic carbocycles. The van der Waals surface area contributed by atoms with Crippen molar-refractivity contribution in [2.45, 2.75) is 45.1 Å². The van der Waals surface area contributed by atoms with Crippen molar-refractivity contribution in [3.63, 3.8) is 0 Å². The van der Waals surface area contributed by atoms with E-state index >= 15 is 0 Å². The summed E-state index contributed by atoms with van der Waals surface area (Å²) >= 11 is 0. The first kappa shape index (κ1) is 18.1. The van der Waals surface area contributed by atoms with Gasteiger partial charge in [0.1, 0.15) is 12.4 Å². The Kier molecular flexibility index (Phi) is 4.67. The van der Waals surface area contributed by atoms with Crippen LogP contribution in [0, 0.1) is 6.92 Å². The van der Waals surface area contributed by atoms with Gasteiger partial charge in [-0.05, 0) is 56.7 Å².